The smallest absolute Gasteiger partial charge is 0.315 e. The molecule has 0 spiro atoms. The summed E-state index contributed by atoms with van der Waals surface area (Å²) in [5, 5.41) is 0. The van der Waals surface area contributed by atoms with Gasteiger partial charge in [-0.2, -0.15) is 0 Å². The molecule has 1 aliphatic carbocycles. The number of Topliss-reactive ketones (excluding diaryl/α,β-unsaturated/α-hetero) is 1. The van der Waals surface area contributed by atoms with Crippen LogP contribution in [-0.2, 0) is 14.3 Å². The molecule has 5 heteroatoms. The standard InChI is InChI=1S/C23H29NO4/c1-6-15-21(22(26)28-7-2)19(14-10-8-9-11-18(14)27-5)20-16(24-15)12-23(3,4)13-17(20)25/h8-11,19,21H,6-7,12-13H2,1-5H3/t19-,21?/m0/s1. The number of nitrogens with zero attached hydrogens (tertiary/aromatic N) is 1. The van der Waals surface area contributed by atoms with Gasteiger partial charge in [-0.25, -0.2) is 0 Å². The molecule has 0 amide bonds. The Bertz CT molecular complexity index is 850. The molecule has 0 saturated carbocycles. The van der Waals surface area contributed by atoms with Gasteiger partial charge in [0.05, 0.1) is 13.7 Å². The Morgan fingerprint density at radius 3 is 2.57 bits per heavy atom. The van der Waals surface area contributed by atoms with E-state index in [1.54, 1.807) is 14.0 Å². The quantitative estimate of drug-likeness (QED) is 0.704. The van der Waals surface area contributed by atoms with E-state index in [1.165, 1.54) is 0 Å². The van der Waals surface area contributed by atoms with Crippen molar-refractivity contribution >= 4 is 17.5 Å². The normalized spacial score (nSPS) is 23.8. The van der Waals surface area contributed by atoms with E-state index in [0.717, 1.165) is 23.4 Å². The number of benzene rings is 1. The third kappa shape index (κ3) is 3.62. The van der Waals surface area contributed by atoms with E-state index in [2.05, 4.69) is 13.8 Å². The molecule has 1 aromatic rings. The lowest BCUT2D eigenvalue weighted by molar-refractivity contribution is -0.146. The van der Waals surface area contributed by atoms with Gasteiger partial charge in [-0.3, -0.25) is 14.6 Å². The zero-order valence-corrected chi connectivity index (χ0v) is 17.4. The SMILES string of the molecule is CCOC(=O)C1C(CC)=NC2=C(C(=O)CC(C)(C)C2)[C@@H]1c1ccccc1OC. The summed E-state index contributed by atoms with van der Waals surface area (Å²) in [4.78, 5) is 31.0. The topological polar surface area (TPSA) is 65.0 Å². The number of aliphatic imine (C=N–C) groups is 1. The van der Waals surface area contributed by atoms with Gasteiger partial charge in [0.15, 0.2) is 5.78 Å². The largest absolute Gasteiger partial charge is 0.496 e. The monoisotopic (exact) mass is 383 g/mol. The summed E-state index contributed by atoms with van der Waals surface area (Å²) in [6.45, 7) is 8.25. The van der Waals surface area contributed by atoms with Crippen molar-refractivity contribution in [3.05, 3.63) is 41.1 Å². The Morgan fingerprint density at radius 2 is 1.93 bits per heavy atom. The van der Waals surface area contributed by atoms with Crippen LogP contribution >= 0.6 is 0 Å². The molecule has 1 aromatic carbocycles. The molecule has 1 unspecified atom stereocenters. The van der Waals surface area contributed by atoms with Crippen molar-refractivity contribution in [2.45, 2.75) is 52.9 Å². The Labute approximate surface area is 166 Å². The summed E-state index contributed by atoms with van der Waals surface area (Å²) >= 11 is 0. The van der Waals surface area contributed by atoms with Crippen molar-refractivity contribution in [2.24, 2.45) is 16.3 Å². The zero-order valence-electron chi connectivity index (χ0n) is 17.4. The minimum Gasteiger partial charge on any atom is -0.496 e. The average Bonchev–Trinajstić information content (AvgIpc) is 2.65. The number of methoxy groups -OCH3 is 1. The van der Waals surface area contributed by atoms with Crippen LogP contribution in [0.5, 0.6) is 5.75 Å². The van der Waals surface area contributed by atoms with Crippen LogP contribution in [0, 0.1) is 11.3 Å². The molecule has 0 N–H and O–H groups in total. The first-order chi connectivity index (χ1) is 13.3. The molecular weight excluding hydrogens is 354 g/mol. The zero-order chi connectivity index (χ0) is 20.5. The first-order valence-corrected chi connectivity index (χ1v) is 9.96. The van der Waals surface area contributed by atoms with Crippen LogP contribution in [0.3, 0.4) is 0 Å². The number of hydrogen-bond donors (Lipinski definition) is 0. The fraction of sp³-hybridized carbons (Fsp3) is 0.522. The lowest BCUT2D eigenvalue weighted by atomic mass is 9.66. The van der Waals surface area contributed by atoms with Gasteiger partial charge in [0.2, 0.25) is 0 Å². The lowest BCUT2D eigenvalue weighted by Crippen LogP contribution is -2.40. The van der Waals surface area contributed by atoms with Crippen LogP contribution in [0.25, 0.3) is 0 Å². The second-order valence-corrected chi connectivity index (χ2v) is 8.21. The van der Waals surface area contributed by atoms with E-state index in [1.807, 2.05) is 31.2 Å². The summed E-state index contributed by atoms with van der Waals surface area (Å²) < 4.78 is 11.0. The highest BCUT2D eigenvalue weighted by molar-refractivity contribution is 6.09. The number of esters is 1. The van der Waals surface area contributed by atoms with Crippen molar-refractivity contribution in [3.8, 4) is 5.75 Å². The Hall–Kier alpha value is -2.43. The molecule has 28 heavy (non-hydrogen) atoms. The van der Waals surface area contributed by atoms with Crippen LogP contribution in [-0.4, -0.2) is 31.2 Å². The van der Waals surface area contributed by atoms with Gasteiger partial charge in [0.1, 0.15) is 11.7 Å². The van der Waals surface area contributed by atoms with E-state index in [9.17, 15) is 9.59 Å². The molecule has 0 bridgehead atoms. The van der Waals surface area contributed by atoms with Gasteiger partial charge in [-0.15, -0.1) is 0 Å². The molecule has 1 heterocycles. The summed E-state index contributed by atoms with van der Waals surface area (Å²) in [7, 11) is 1.61. The van der Waals surface area contributed by atoms with Gasteiger partial charge in [-0.1, -0.05) is 39.0 Å². The Balaban J connectivity index is 2.24. The number of rotatable bonds is 5. The number of ketones is 1. The molecule has 2 aliphatic rings. The lowest BCUT2D eigenvalue weighted by Gasteiger charge is -2.39. The van der Waals surface area contributed by atoms with Crippen molar-refractivity contribution < 1.29 is 19.1 Å². The van der Waals surface area contributed by atoms with Crippen molar-refractivity contribution in [1.29, 1.82) is 0 Å². The van der Waals surface area contributed by atoms with E-state index in [-0.39, 0.29) is 23.8 Å². The molecule has 5 nitrogen and oxygen atoms in total. The van der Waals surface area contributed by atoms with Crippen molar-refractivity contribution in [2.75, 3.05) is 13.7 Å². The number of hydrogen-bond acceptors (Lipinski definition) is 5. The van der Waals surface area contributed by atoms with Gasteiger partial charge in [0, 0.05) is 34.9 Å². The number of carbonyl (C=O) groups is 2. The average molecular weight is 383 g/mol. The minimum absolute atomic E-state index is 0.0651. The van der Waals surface area contributed by atoms with Crippen molar-refractivity contribution in [1.82, 2.24) is 0 Å². The molecule has 150 valence electrons. The molecule has 2 atom stereocenters. The van der Waals surface area contributed by atoms with Gasteiger partial charge < -0.3 is 9.47 Å². The van der Waals surface area contributed by atoms with Gasteiger partial charge in [-0.05, 0) is 31.2 Å². The summed E-state index contributed by atoms with van der Waals surface area (Å²) in [5.74, 6) is -0.631. The highest BCUT2D eigenvalue weighted by Crippen LogP contribution is 2.49. The fourth-order valence-corrected chi connectivity index (χ4v) is 4.42. The third-order valence-electron chi connectivity index (χ3n) is 5.56. The van der Waals surface area contributed by atoms with Crippen LogP contribution < -0.4 is 4.74 Å². The molecule has 0 radical (unpaired) electrons. The first kappa shape index (κ1) is 20.3. The predicted molar refractivity (Wildman–Crippen MR) is 109 cm³/mol. The maximum atomic E-state index is 13.2. The fourth-order valence-electron chi connectivity index (χ4n) is 4.42. The highest BCUT2D eigenvalue weighted by Gasteiger charge is 2.47. The molecule has 0 aromatic heterocycles. The number of carbonyl (C=O) groups excluding carboxylic acids is 2. The van der Waals surface area contributed by atoms with Crippen LogP contribution in [0.4, 0.5) is 0 Å². The van der Waals surface area contributed by atoms with E-state index < -0.39 is 11.8 Å². The highest BCUT2D eigenvalue weighted by atomic mass is 16.5. The summed E-state index contributed by atoms with van der Waals surface area (Å²) in [5.41, 5.74) is 2.94. The number of ether oxygens (including phenoxy) is 2. The second-order valence-electron chi connectivity index (χ2n) is 8.21. The number of para-hydroxylation sites is 1. The van der Waals surface area contributed by atoms with Gasteiger partial charge in [0.25, 0.3) is 0 Å². The summed E-state index contributed by atoms with van der Waals surface area (Å²) in [6, 6.07) is 7.60. The van der Waals surface area contributed by atoms with E-state index in [0.29, 0.717) is 24.2 Å². The second kappa shape index (κ2) is 7.90. The van der Waals surface area contributed by atoms with E-state index >= 15 is 0 Å². The minimum atomic E-state index is -0.606. The molecule has 1 aliphatic heterocycles. The first-order valence-electron chi connectivity index (χ1n) is 9.96. The van der Waals surface area contributed by atoms with Crippen LogP contribution in [0.1, 0.15) is 58.4 Å². The Morgan fingerprint density at radius 1 is 1.21 bits per heavy atom. The van der Waals surface area contributed by atoms with Crippen LogP contribution in [0.15, 0.2) is 40.5 Å². The van der Waals surface area contributed by atoms with Crippen molar-refractivity contribution in [3.63, 3.8) is 0 Å². The molecule has 3 rings (SSSR count). The van der Waals surface area contributed by atoms with E-state index in [4.69, 9.17) is 14.5 Å². The maximum Gasteiger partial charge on any atom is 0.315 e. The maximum absolute atomic E-state index is 13.2. The van der Waals surface area contributed by atoms with Crippen LogP contribution in [0.2, 0.25) is 0 Å². The predicted octanol–water partition coefficient (Wildman–Crippen LogP) is 4.47. The molecular formula is C23H29NO4. The molecule has 0 fully saturated rings. The van der Waals surface area contributed by atoms with Gasteiger partial charge >= 0.3 is 5.97 Å². The third-order valence-corrected chi connectivity index (χ3v) is 5.56. The number of allylic oxidation sites excluding steroid dienone is 2. The Kier molecular flexibility index (Phi) is 5.73. The summed E-state index contributed by atoms with van der Waals surface area (Å²) in [6.07, 6.45) is 1.79. The molecule has 0 saturated heterocycles.